The summed E-state index contributed by atoms with van der Waals surface area (Å²) in [5, 5.41) is 9.62. The van der Waals surface area contributed by atoms with Gasteiger partial charge in [-0.2, -0.15) is 0 Å². The van der Waals surface area contributed by atoms with E-state index in [1.54, 1.807) is 0 Å². The van der Waals surface area contributed by atoms with E-state index < -0.39 is 9.04 Å². The Balaban J connectivity index is 2.20. The van der Waals surface area contributed by atoms with Crippen LogP contribution in [0.4, 0.5) is 0 Å². The van der Waals surface area contributed by atoms with E-state index in [1.165, 1.54) is 19.3 Å². The van der Waals surface area contributed by atoms with Crippen LogP contribution in [-0.2, 0) is 0 Å². The minimum absolute atomic E-state index is 0.0773. The molecule has 0 heterocycles. The number of aliphatic hydroxyl groups is 1. The van der Waals surface area contributed by atoms with Gasteiger partial charge in [-0.05, 0) is 37.8 Å². The second-order valence-electron chi connectivity index (χ2n) is 4.04. The summed E-state index contributed by atoms with van der Waals surface area (Å²) in [6.45, 7) is 1.95. The lowest BCUT2D eigenvalue weighted by Gasteiger charge is -2.27. The smallest absolute Gasteiger partial charge is 0.169 e. The van der Waals surface area contributed by atoms with E-state index >= 15 is 0 Å². The highest BCUT2D eigenvalue weighted by Gasteiger charge is 2.22. The Morgan fingerprint density at radius 3 is 2.58 bits per heavy atom. The fourth-order valence-electron chi connectivity index (χ4n) is 1.98. The molecule has 2 N–H and O–H groups in total. The van der Waals surface area contributed by atoms with E-state index in [0.29, 0.717) is 5.92 Å². The van der Waals surface area contributed by atoms with Gasteiger partial charge in [0.15, 0.2) is 9.04 Å². The van der Waals surface area contributed by atoms with Gasteiger partial charge in [-0.1, -0.05) is 12.8 Å². The Hall–Kier alpha value is 0.137. The maximum absolute atomic E-state index is 9.62. The summed E-state index contributed by atoms with van der Waals surface area (Å²) < 4.78 is 0. The van der Waals surface area contributed by atoms with Gasteiger partial charge in [0.2, 0.25) is 0 Å². The van der Waals surface area contributed by atoms with Crippen molar-refractivity contribution in [1.82, 2.24) is 0 Å². The fraction of sp³-hybridized carbons (Fsp3) is 1.00. The fourth-order valence-corrected chi connectivity index (χ4v) is 2.89. The highest BCUT2D eigenvalue weighted by atomic mass is 28.3. The first kappa shape index (κ1) is 10.2. The van der Waals surface area contributed by atoms with E-state index in [1.807, 2.05) is 6.55 Å². The zero-order chi connectivity index (χ0) is 8.97. The van der Waals surface area contributed by atoms with E-state index in [4.69, 9.17) is 0 Å². The van der Waals surface area contributed by atoms with Gasteiger partial charge in [-0.3, -0.25) is 0 Å². The Bertz CT molecular complexity index is 128. The summed E-state index contributed by atoms with van der Waals surface area (Å²) in [5.41, 5.74) is 0. The Morgan fingerprint density at radius 1 is 1.33 bits per heavy atom. The van der Waals surface area contributed by atoms with Crippen LogP contribution in [0.1, 0.15) is 32.1 Å². The summed E-state index contributed by atoms with van der Waals surface area (Å²) in [6, 6.07) is 0.974. The van der Waals surface area contributed by atoms with Crippen LogP contribution in [0.2, 0.25) is 12.6 Å². The molecule has 1 saturated carbocycles. The van der Waals surface area contributed by atoms with Crippen molar-refractivity contribution in [3.63, 3.8) is 0 Å². The standard InChI is InChI=1S/C9H20O2Si/c1-12(11)7-6-8-4-2-3-5-9(8)10/h8-12H,2-7H2,1H3. The molecular formula is C9H20O2Si. The molecule has 0 aliphatic heterocycles. The van der Waals surface area contributed by atoms with Crippen molar-refractivity contribution in [1.29, 1.82) is 0 Å². The first-order chi connectivity index (χ1) is 5.70. The topological polar surface area (TPSA) is 40.5 Å². The van der Waals surface area contributed by atoms with E-state index in [2.05, 4.69) is 0 Å². The van der Waals surface area contributed by atoms with Crippen LogP contribution in [0.25, 0.3) is 0 Å². The molecule has 3 unspecified atom stereocenters. The van der Waals surface area contributed by atoms with Gasteiger partial charge in [-0.25, -0.2) is 0 Å². The summed E-state index contributed by atoms with van der Waals surface area (Å²) in [6.07, 6.45) is 5.57. The molecule has 1 rings (SSSR count). The maximum Gasteiger partial charge on any atom is 0.169 e. The zero-order valence-electron chi connectivity index (χ0n) is 7.87. The molecule has 1 aliphatic rings. The minimum atomic E-state index is -1.38. The lowest BCUT2D eigenvalue weighted by Crippen LogP contribution is -2.25. The van der Waals surface area contributed by atoms with E-state index in [9.17, 15) is 9.90 Å². The Kier molecular flexibility index (Phi) is 4.25. The molecule has 1 fully saturated rings. The molecule has 3 heteroatoms. The van der Waals surface area contributed by atoms with Crippen molar-refractivity contribution in [2.24, 2.45) is 5.92 Å². The number of hydrogen-bond donors (Lipinski definition) is 2. The molecule has 3 atom stereocenters. The lowest BCUT2D eigenvalue weighted by molar-refractivity contribution is 0.0676. The van der Waals surface area contributed by atoms with Crippen LogP contribution in [-0.4, -0.2) is 25.0 Å². The van der Waals surface area contributed by atoms with Crippen molar-refractivity contribution in [3.8, 4) is 0 Å². The molecule has 72 valence electrons. The molecule has 0 aromatic heterocycles. The van der Waals surface area contributed by atoms with E-state index in [-0.39, 0.29) is 6.10 Å². The van der Waals surface area contributed by atoms with E-state index in [0.717, 1.165) is 18.9 Å². The highest BCUT2D eigenvalue weighted by Crippen LogP contribution is 2.28. The summed E-state index contributed by atoms with van der Waals surface area (Å²) in [4.78, 5) is 9.23. The van der Waals surface area contributed by atoms with Crippen LogP contribution in [0.3, 0.4) is 0 Å². The molecule has 0 saturated heterocycles. The Labute approximate surface area is 76.3 Å². The molecule has 0 aromatic rings. The van der Waals surface area contributed by atoms with Gasteiger partial charge in [0.25, 0.3) is 0 Å². The molecule has 0 radical (unpaired) electrons. The largest absolute Gasteiger partial charge is 0.435 e. The van der Waals surface area contributed by atoms with Crippen molar-refractivity contribution >= 4 is 9.04 Å². The predicted octanol–water partition coefficient (Wildman–Crippen LogP) is 1.27. The van der Waals surface area contributed by atoms with Gasteiger partial charge >= 0.3 is 0 Å². The summed E-state index contributed by atoms with van der Waals surface area (Å²) >= 11 is 0. The third-order valence-electron chi connectivity index (χ3n) is 2.82. The van der Waals surface area contributed by atoms with Gasteiger partial charge in [-0.15, -0.1) is 0 Å². The summed E-state index contributed by atoms with van der Waals surface area (Å²) in [5.74, 6) is 0.487. The molecule has 1 aliphatic carbocycles. The van der Waals surface area contributed by atoms with Gasteiger partial charge in [0.1, 0.15) is 0 Å². The molecule has 0 spiro atoms. The van der Waals surface area contributed by atoms with Crippen LogP contribution in [0.15, 0.2) is 0 Å². The monoisotopic (exact) mass is 188 g/mol. The minimum Gasteiger partial charge on any atom is -0.435 e. The Morgan fingerprint density at radius 2 is 2.00 bits per heavy atom. The average Bonchev–Trinajstić information content (AvgIpc) is 2.03. The van der Waals surface area contributed by atoms with Crippen molar-refractivity contribution in [2.45, 2.75) is 50.8 Å². The van der Waals surface area contributed by atoms with Crippen molar-refractivity contribution in [3.05, 3.63) is 0 Å². The molecule has 2 nitrogen and oxygen atoms in total. The molecular weight excluding hydrogens is 168 g/mol. The van der Waals surface area contributed by atoms with Crippen LogP contribution >= 0.6 is 0 Å². The van der Waals surface area contributed by atoms with Crippen LogP contribution in [0, 0.1) is 5.92 Å². The number of hydrogen-bond acceptors (Lipinski definition) is 2. The maximum atomic E-state index is 9.62. The van der Waals surface area contributed by atoms with Crippen molar-refractivity contribution < 1.29 is 9.90 Å². The average molecular weight is 188 g/mol. The SMILES string of the molecule is C[SiH](O)CCC1CCCCC1O. The van der Waals surface area contributed by atoms with Gasteiger partial charge in [0, 0.05) is 0 Å². The lowest BCUT2D eigenvalue weighted by atomic mass is 9.85. The first-order valence-electron chi connectivity index (χ1n) is 5.06. The first-order valence-corrected chi connectivity index (χ1v) is 7.55. The van der Waals surface area contributed by atoms with Crippen LogP contribution in [0.5, 0.6) is 0 Å². The second-order valence-corrected chi connectivity index (χ2v) is 6.31. The molecule has 0 amide bonds. The summed E-state index contributed by atoms with van der Waals surface area (Å²) in [7, 11) is -1.38. The second kappa shape index (κ2) is 4.99. The molecule has 0 bridgehead atoms. The third-order valence-corrected chi connectivity index (χ3v) is 3.99. The molecule has 0 aromatic carbocycles. The molecule has 12 heavy (non-hydrogen) atoms. The number of rotatable bonds is 3. The highest BCUT2D eigenvalue weighted by molar-refractivity contribution is 6.48. The zero-order valence-corrected chi connectivity index (χ0v) is 9.02. The third kappa shape index (κ3) is 3.25. The quantitative estimate of drug-likeness (QED) is 0.655. The van der Waals surface area contributed by atoms with Crippen LogP contribution < -0.4 is 0 Å². The van der Waals surface area contributed by atoms with Gasteiger partial charge in [0.05, 0.1) is 6.10 Å². The van der Waals surface area contributed by atoms with Gasteiger partial charge < -0.3 is 9.90 Å². The predicted molar refractivity (Wildman–Crippen MR) is 52.6 cm³/mol. The van der Waals surface area contributed by atoms with Crippen molar-refractivity contribution in [2.75, 3.05) is 0 Å². The number of aliphatic hydroxyl groups excluding tert-OH is 1. The normalized spacial score (nSPS) is 33.2.